The Labute approximate surface area is 139 Å². The molecule has 0 spiro atoms. The molecule has 0 saturated carbocycles. The van der Waals surface area contributed by atoms with E-state index in [-0.39, 0.29) is 11.8 Å². The average molecular weight is 340 g/mol. The summed E-state index contributed by atoms with van der Waals surface area (Å²) < 4.78 is 15.7. The second kappa shape index (κ2) is 7.96. The van der Waals surface area contributed by atoms with E-state index in [0.29, 0.717) is 35.1 Å². The summed E-state index contributed by atoms with van der Waals surface area (Å²) in [5, 5.41) is 5.50. The zero-order valence-corrected chi connectivity index (χ0v) is 14.1. The topological polar surface area (TPSA) is 85.9 Å². The van der Waals surface area contributed by atoms with E-state index in [1.54, 1.807) is 23.9 Å². The molecule has 0 aliphatic carbocycles. The van der Waals surface area contributed by atoms with Gasteiger partial charge in [-0.25, -0.2) is 0 Å². The molecule has 1 aliphatic heterocycles. The standard InChI is InChI=1S/C15H20N2O5S/c1-20-11-6-9(7-12(21-2)14(11)22-3)16-15(19)10-8-23-5-4-13(18)17-10/h6-7,10H,4-5,8H2,1-3H3,(H,16,19)(H,17,18). The molecule has 0 radical (unpaired) electrons. The maximum Gasteiger partial charge on any atom is 0.247 e. The molecule has 1 aliphatic rings. The van der Waals surface area contributed by atoms with Crippen LogP contribution in [0.5, 0.6) is 17.2 Å². The predicted molar refractivity (Wildman–Crippen MR) is 88.6 cm³/mol. The van der Waals surface area contributed by atoms with Crippen molar-refractivity contribution in [2.45, 2.75) is 12.5 Å². The van der Waals surface area contributed by atoms with Crippen molar-refractivity contribution >= 4 is 29.3 Å². The van der Waals surface area contributed by atoms with Crippen LogP contribution in [0, 0.1) is 0 Å². The van der Waals surface area contributed by atoms with Gasteiger partial charge in [0, 0.05) is 35.7 Å². The van der Waals surface area contributed by atoms with Crippen molar-refractivity contribution in [2.24, 2.45) is 0 Å². The molecule has 1 atom stereocenters. The van der Waals surface area contributed by atoms with E-state index >= 15 is 0 Å². The van der Waals surface area contributed by atoms with Gasteiger partial charge in [-0.05, 0) is 0 Å². The van der Waals surface area contributed by atoms with Gasteiger partial charge < -0.3 is 24.8 Å². The molecule has 1 unspecified atom stereocenters. The number of carbonyl (C=O) groups excluding carboxylic acids is 2. The summed E-state index contributed by atoms with van der Waals surface area (Å²) in [6, 6.07) is 2.73. The highest BCUT2D eigenvalue weighted by atomic mass is 32.2. The molecule has 2 rings (SSSR count). The lowest BCUT2D eigenvalue weighted by atomic mass is 10.2. The number of thioether (sulfide) groups is 1. The summed E-state index contributed by atoms with van der Waals surface area (Å²) in [7, 11) is 4.52. The van der Waals surface area contributed by atoms with Crippen molar-refractivity contribution in [2.75, 3.05) is 38.2 Å². The number of hydrogen-bond donors (Lipinski definition) is 2. The first kappa shape index (κ1) is 17.3. The second-order valence-electron chi connectivity index (χ2n) is 4.85. The van der Waals surface area contributed by atoms with Gasteiger partial charge in [-0.3, -0.25) is 9.59 Å². The number of benzene rings is 1. The van der Waals surface area contributed by atoms with E-state index in [9.17, 15) is 9.59 Å². The van der Waals surface area contributed by atoms with Crippen molar-refractivity contribution in [3.05, 3.63) is 12.1 Å². The van der Waals surface area contributed by atoms with E-state index in [4.69, 9.17) is 14.2 Å². The van der Waals surface area contributed by atoms with E-state index in [1.165, 1.54) is 21.3 Å². The minimum atomic E-state index is -0.561. The number of anilines is 1. The molecule has 0 aromatic heterocycles. The highest BCUT2D eigenvalue weighted by molar-refractivity contribution is 7.99. The third kappa shape index (κ3) is 4.22. The Hall–Kier alpha value is -2.09. The predicted octanol–water partition coefficient (Wildman–Crippen LogP) is 1.27. The molecular formula is C15H20N2O5S. The molecule has 2 amide bonds. The maximum atomic E-state index is 12.4. The van der Waals surface area contributed by atoms with Gasteiger partial charge in [-0.15, -0.1) is 0 Å². The van der Waals surface area contributed by atoms with Gasteiger partial charge in [-0.1, -0.05) is 0 Å². The fourth-order valence-corrected chi connectivity index (χ4v) is 3.16. The Kier molecular flexibility index (Phi) is 5.97. The number of methoxy groups -OCH3 is 3. The summed E-state index contributed by atoms with van der Waals surface area (Å²) in [4.78, 5) is 23.9. The minimum absolute atomic E-state index is 0.111. The lowest BCUT2D eigenvalue weighted by Gasteiger charge is -2.17. The van der Waals surface area contributed by atoms with Gasteiger partial charge >= 0.3 is 0 Å². The number of carbonyl (C=O) groups is 2. The molecule has 7 nitrogen and oxygen atoms in total. The largest absolute Gasteiger partial charge is 0.493 e. The molecule has 0 bridgehead atoms. The molecule has 126 valence electrons. The van der Waals surface area contributed by atoms with E-state index < -0.39 is 6.04 Å². The zero-order chi connectivity index (χ0) is 16.8. The fraction of sp³-hybridized carbons (Fsp3) is 0.467. The van der Waals surface area contributed by atoms with Crippen molar-refractivity contribution < 1.29 is 23.8 Å². The van der Waals surface area contributed by atoms with Crippen LogP contribution in [0.15, 0.2) is 12.1 Å². The van der Waals surface area contributed by atoms with Crippen LogP contribution in [-0.2, 0) is 9.59 Å². The lowest BCUT2D eigenvalue weighted by Crippen LogP contribution is -2.44. The lowest BCUT2D eigenvalue weighted by molar-refractivity contribution is -0.125. The molecule has 8 heteroatoms. The monoisotopic (exact) mass is 340 g/mol. The Morgan fingerprint density at radius 2 is 1.87 bits per heavy atom. The van der Waals surface area contributed by atoms with Crippen molar-refractivity contribution in [3.63, 3.8) is 0 Å². The van der Waals surface area contributed by atoms with Crippen LogP contribution in [0.2, 0.25) is 0 Å². The molecule has 23 heavy (non-hydrogen) atoms. The number of nitrogens with one attached hydrogen (secondary N) is 2. The van der Waals surface area contributed by atoms with Crippen LogP contribution < -0.4 is 24.8 Å². The number of hydrogen-bond acceptors (Lipinski definition) is 6. The Morgan fingerprint density at radius 1 is 1.22 bits per heavy atom. The van der Waals surface area contributed by atoms with Gasteiger partial charge in [0.15, 0.2) is 11.5 Å². The van der Waals surface area contributed by atoms with Crippen molar-refractivity contribution in [1.82, 2.24) is 5.32 Å². The van der Waals surface area contributed by atoms with Crippen LogP contribution in [0.4, 0.5) is 5.69 Å². The highest BCUT2D eigenvalue weighted by Crippen LogP contribution is 2.39. The maximum absolute atomic E-state index is 12.4. The van der Waals surface area contributed by atoms with Crippen molar-refractivity contribution in [1.29, 1.82) is 0 Å². The first-order valence-corrected chi connectivity index (χ1v) is 8.22. The number of rotatable bonds is 5. The molecule has 1 fully saturated rings. The second-order valence-corrected chi connectivity index (χ2v) is 6.00. The number of amides is 2. The van der Waals surface area contributed by atoms with Crippen LogP contribution in [0.3, 0.4) is 0 Å². The highest BCUT2D eigenvalue weighted by Gasteiger charge is 2.24. The summed E-state index contributed by atoms with van der Waals surface area (Å²) in [5.41, 5.74) is 0.507. The van der Waals surface area contributed by atoms with Gasteiger partial charge in [-0.2, -0.15) is 11.8 Å². The zero-order valence-electron chi connectivity index (χ0n) is 13.3. The molecule has 1 aromatic rings. The third-order valence-corrected chi connectivity index (χ3v) is 4.40. The summed E-state index contributed by atoms with van der Waals surface area (Å²) in [5.74, 6) is 2.22. The molecule has 1 heterocycles. The summed E-state index contributed by atoms with van der Waals surface area (Å²) in [6.07, 6.45) is 0.429. The average Bonchev–Trinajstić information content (AvgIpc) is 2.78. The van der Waals surface area contributed by atoms with Crippen LogP contribution in [-0.4, -0.2) is 50.7 Å². The van der Waals surface area contributed by atoms with Crippen LogP contribution >= 0.6 is 11.8 Å². The fourth-order valence-electron chi connectivity index (χ4n) is 2.20. The van der Waals surface area contributed by atoms with Gasteiger partial charge in [0.2, 0.25) is 17.6 Å². The smallest absolute Gasteiger partial charge is 0.247 e. The molecular weight excluding hydrogens is 320 g/mol. The first-order chi connectivity index (χ1) is 11.1. The molecule has 1 saturated heterocycles. The van der Waals surface area contributed by atoms with Crippen LogP contribution in [0.25, 0.3) is 0 Å². The van der Waals surface area contributed by atoms with E-state index in [0.717, 1.165) is 5.75 Å². The normalized spacial score (nSPS) is 17.7. The number of ether oxygens (including phenoxy) is 3. The van der Waals surface area contributed by atoms with Crippen LogP contribution in [0.1, 0.15) is 6.42 Å². The van der Waals surface area contributed by atoms with Gasteiger partial charge in [0.1, 0.15) is 6.04 Å². The SMILES string of the molecule is COc1cc(NC(=O)C2CSCCC(=O)N2)cc(OC)c1OC. The Morgan fingerprint density at radius 3 is 2.43 bits per heavy atom. The van der Waals surface area contributed by atoms with E-state index in [2.05, 4.69) is 10.6 Å². The quantitative estimate of drug-likeness (QED) is 0.840. The molecule has 2 N–H and O–H groups in total. The van der Waals surface area contributed by atoms with Crippen molar-refractivity contribution in [3.8, 4) is 17.2 Å². The first-order valence-electron chi connectivity index (χ1n) is 7.07. The summed E-state index contributed by atoms with van der Waals surface area (Å²) in [6.45, 7) is 0. The molecule has 1 aromatic carbocycles. The van der Waals surface area contributed by atoms with Gasteiger partial charge in [0.05, 0.1) is 21.3 Å². The Bertz CT molecular complexity index is 568. The third-order valence-electron chi connectivity index (χ3n) is 3.34. The summed E-state index contributed by atoms with van der Waals surface area (Å²) >= 11 is 1.57. The van der Waals surface area contributed by atoms with Gasteiger partial charge in [0.25, 0.3) is 0 Å². The van der Waals surface area contributed by atoms with E-state index in [1.807, 2.05) is 0 Å². The minimum Gasteiger partial charge on any atom is -0.493 e. The Balaban J connectivity index is 2.18.